The van der Waals surface area contributed by atoms with Crippen LogP contribution in [0.4, 0.5) is 14.5 Å². The van der Waals surface area contributed by atoms with Crippen LogP contribution < -0.4 is 20.3 Å². The molecule has 1 unspecified atom stereocenters. The van der Waals surface area contributed by atoms with Crippen LogP contribution in [-0.2, 0) is 4.79 Å². The normalized spacial score (nSPS) is 19.1. The third kappa shape index (κ3) is 6.85. The monoisotopic (exact) mass is 537 g/mol. The second-order valence-electron chi connectivity index (χ2n) is 7.21. The summed E-state index contributed by atoms with van der Waals surface area (Å²) in [6.45, 7) is 2.90. The van der Waals surface area contributed by atoms with Gasteiger partial charge in [0.25, 0.3) is 0 Å². The Morgan fingerprint density at radius 1 is 1.27 bits per heavy atom. The fourth-order valence-corrected chi connectivity index (χ4v) is 3.74. The van der Waals surface area contributed by atoms with E-state index in [4.69, 9.17) is 0 Å². The van der Waals surface area contributed by atoms with Gasteiger partial charge < -0.3 is 25.2 Å². The van der Waals surface area contributed by atoms with Crippen molar-refractivity contribution in [1.29, 1.82) is 0 Å². The summed E-state index contributed by atoms with van der Waals surface area (Å²) in [6.07, 6.45) is 2.94. The van der Waals surface area contributed by atoms with E-state index in [1.165, 1.54) is 0 Å². The molecule has 0 bridgehead atoms. The second-order valence-corrected chi connectivity index (χ2v) is 7.21. The molecule has 0 aliphatic carbocycles. The molecule has 30 heavy (non-hydrogen) atoms. The van der Waals surface area contributed by atoms with Crippen LogP contribution in [0.1, 0.15) is 26.2 Å². The number of nitrogens with one attached hydrogen (secondary N) is 2. The Morgan fingerprint density at radius 2 is 2.00 bits per heavy atom. The number of ether oxygens (including phenoxy) is 1. The maximum atomic E-state index is 12.7. The lowest BCUT2D eigenvalue weighted by molar-refractivity contribution is -0.128. The Hall–Kier alpha value is -1.85. The zero-order valence-electron chi connectivity index (χ0n) is 17.2. The van der Waals surface area contributed by atoms with E-state index in [1.54, 1.807) is 18.2 Å². The van der Waals surface area contributed by atoms with Gasteiger partial charge in [0.1, 0.15) is 12.3 Å². The number of hydrogen-bond donors (Lipinski definition) is 2. The summed E-state index contributed by atoms with van der Waals surface area (Å²) in [5.74, 6) is 0.828. The predicted molar refractivity (Wildman–Crippen MR) is 124 cm³/mol. The average molecular weight is 537 g/mol. The molecule has 2 saturated heterocycles. The van der Waals surface area contributed by atoms with Gasteiger partial charge in [0, 0.05) is 38.8 Å². The SMILES string of the molecule is CCNC(=NCC(=O)N1CCCC1)NC1CCN(c2ccccc2OC(F)F)C1.I. The Morgan fingerprint density at radius 3 is 2.70 bits per heavy atom. The summed E-state index contributed by atoms with van der Waals surface area (Å²) in [6, 6.07) is 6.92. The fraction of sp³-hybridized carbons (Fsp3) is 0.600. The molecule has 168 valence electrons. The van der Waals surface area contributed by atoms with Gasteiger partial charge in [-0.2, -0.15) is 8.78 Å². The van der Waals surface area contributed by atoms with Crippen molar-refractivity contribution < 1.29 is 18.3 Å². The number of likely N-dealkylation sites (tertiary alicyclic amines) is 1. The van der Waals surface area contributed by atoms with Crippen LogP contribution in [0.2, 0.25) is 0 Å². The maximum Gasteiger partial charge on any atom is 0.387 e. The minimum absolute atomic E-state index is 0. The zero-order chi connectivity index (χ0) is 20.6. The third-order valence-corrected chi connectivity index (χ3v) is 5.13. The minimum Gasteiger partial charge on any atom is -0.433 e. The standard InChI is InChI=1S/C20H29F2N5O2.HI/c1-2-23-20(24-13-18(28)26-10-5-6-11-26)25-15-9-12-27(14-15)16-7-3-4-8-17(16)29-19(21)22;/h3-4,7-8,15,19H,2,5-6,9-14H2,1H3,(H2,23,24,25);1H. The highest BCUT2D eigenvalue weighted by atomic mass is 127. The van der Waals surface area contributed by atoms with Gasteiger partial charge in [-0.25, -0.2) is 4.99 Å². The van der Waals surface area contributed by atoms with Crippen LogP contribution in [0.25, 0.3) is 0 Å². The molecular weight excluding hydrogens is 507 g/mol. The van der Waals surface area contributed by atoms with E-state index in [0.717, 1.165) is 32.4 Å². The highest BCUT2D eigenvalue weighted by Gasteiger charge is 2.26. The molecule has 2 aliphatic heterocycles. The molecule has 0 aromatic heterocycles. The molecule has 1 atom stereocenters. The van der Waals surface area contributed by atoms with Crippen molar-refractivity contribution in [1.82, 2.24) is 15.5 Å². The molecule has 2 aliphatic rings. The summed E-state index contributed by atoms with van der Waals surface area (Å²) in [4.78, 5) is 20.5. The van der Waals surface area contributed by atoms with E-state index in [2.05, 4.69) is 20.4 Å². The first-order chi connectivity index (χ1) is 14.1. The van der Waals surface area contributed by atoms with Crippen LogP contribution in [0.5, 0.6) is 5.75 Å². The molecule has 1 aromatic carbocycles. The lowest BCUT2D eigenvalue weighted by Crippen LogP contribution is -2.45. The fourth-order valence-electron chi connectivity index (χ4n) is 3.74. The molecule has 1 amide bonds. The van der Waals surface area contributed by atoms with Crippen LogP contribution in [0, 0.1) is 0 Å². The smallest absolute Gasteiger partial charge is 0.387 e. The van der Waals surface area contributed by atoms with Crippen molar-refractivity contribution in [2.75, 3.05) is 44.2 Å². The summed E-state index contributed by atoms with van der Waals surface area (Å²) in [5.41, 5.74) is 0.656. The number of amides is 1. The topological polar surface area (TPSA) is 69.2 Å². The molecule has 0 spiro atoms. The van der Waals surface area contributed by atoms with Crippen LogP contribution in [-0.4, -0.2) is 68.7 Å². The Bertz CT molecular complexity index is 716. The number of alkyl halides is 2. The van der Waals surface area contributed by atoms with E-state index >= 15 is 0 Å². The van der Waals surface area contributed by atoms with Gasteiger partial charge in [-0.3, -0.25) is 4.79 Å². The number of benzene rings is 1. The minimum atomic E-state index is -2.85. The maximum absolute atomic E-state index is 12.7. The van der Waals surface area contributed by atoms with E-state index < -0.39 is 6.61 Å². The average Bonchev–Trinajstić information content (AvgIpc) is 3.38. The number of para-hydroxylation sites is 2. The van der Waals surface area contributed by atoms with Gasteiger partial charge in [0.05, 0.1) is 5.69 Å². The van der Waals surface area contributed by atoms with Gasteiger partial charge in [-0.15, -0.1) is 24.0 Å². The van der Waals surface area contributed by atoms with Crippen molar-refractivity contribution in [2.45, 2.75) is 38.8 Å². The molecule has 2 fully saturated rings. The lowest BCUT2D eigenvalue weighted by atomic mass is 10.2. The number of anilines is 1. The summed E-state index contributed by atoms with van der Waals surface area (Å²) in [5, 5.41) is 6.53. The number of guanidine groups is 1. The Kier molecular flexibility index (Phi) is 9.86. The van der Waals surface area contributed by atoms with Crippen molar-refractivity contribution in [3.63, 3.8) is 0 Å². The first-order valence-electron chi connectivity index (χ1n) is 10.2. The number of nitrogens with zero attached hydrogens (tertiary/aromatic N) is 3. The third-order valence-electron chi connectivity index (χ3n) is 5.13. The highest BCUT2D eigenvalue weighted by Crippen LogP contribution is 2.31. The van der Waals surface area contributed by atoms with Crippen molar-refractivity contribution in [3.8, 4) is 5.75 Å². The molecule has 10 heteroatoms. The largest absolute Gasteiger partial charge is 0.433 e. The van der Waals surface area contributed by atoms with E-state index in [0.29, 0.717) is 31.3 Å². The summed E-state index contributed by atoms with van der Waals surface area (Å²) in [7, 11) is 0. The van der Waals surface area contributed by atoms with Gasteiger partial charge in [-0.1, -0.05) is 12.1 Å². The second kappa shape index (κ2) is 12.1. The van der Waals surface area contributed by atoms with Crippen LogP contribution in [0.15, 0.2) is 29.3 Å². The lowest BCUT2D eigenvalue weighted by Gasteiger charge is -2.22. The van der Waals surface area contributed by atoms with E-state index in [9.17, 15) is 13.6 Å². The number of rotatable bonds is 7. The van der Waals surface area contributed by atoms with E-state index in [1.807, 2.05) is 22.8 Å². The number of halogens is 3. The van der Waals surface area contributed by atoms with Crippen LogP contribution >= 0.6 is 24.0 Å². The first kappa shape index (κ1) is 24.4. The van der Waals surface area contributed by atoms with Crippen LogP contribution in [0.3, 0.4) is 0 Å². The van der Waals surface area contributed by atoms with Gasteiger partial charge in [0.2, 0.25) is 5.91 Å². The highest BCUT2D eigenvalue weighted by molar-refractivity contribution is 14.0. The summed E-state index contributed by atoms with van der Waals surface area (Å²) < 4.78 is 30.0. The van der Waals surface area contributed by atoms with Gasteiger partial charge >= 0.3 is 6.61 Å². The molecule has 1 aromatic rings. The van der Waals surface area contributed by atoms with E-state index in [-0.39, 0.29) is 48.2 Å². The van der Waals surface area contributed by atoms with Crippen molar-refractivity contribution >= 4 is 41.5 Å². The molecule has 2 N–H and O–H groups in total. The zero-order valence-corrected chi connectivity index (χ0v) is 19.5. The molecule has 2 heterocycles. The molecule has 3 rings (SSSR count). The number of carbonyl (C=O) groups excluding carboxylic acids is 1. The van der Waals surface area contributed by atoms with Crippen molar-refractivity contribution in [3.05, 3.63) is 24.3 Å². The summed E-state index contributed by atoms with van der Waals surface area (Å²) >= 11 is 0. The number of carbonyl (C=O) groups is 1. The number of hydrogen-bond acceptors (Lipinski definition) is 4. The van der Waals surface area contributed by atoms with Gasteiger partial charge in [0.15, 0.2) is 5.96 Å². The molecule has 0 saturated carbocycles. The van der Waals surface area contributed by atoms with Crippen molar-refractivity contribution in [2.24, 2.45) is 4.99 Å². The Balaban J connectivity index is 0.00000320. The number of aliphatic imine (C=N–C) groups is 1. The quantitative estimate of drug-likeness (QED) is 0.318. The molecule has 7 nitrogen and oxygen atoms in total. The molecule has 0 radical (unpaired) electrons. The Labute approximate surface area is 193 Å². The van der Waals surface area contributed by atoms with Gasteiger partial charge in [-0.05, 0) is 38.3 Å². The first-order valence-corrected chi connectivity index (χ1v) is 10.2. The predicted octanol–water partition coefficient (Wildman–Crippen LogP) is 2.66. The molecular formula is C20H30F2IN5O2.